The normalized spacial score (nSPS) is 11.7. The number of carbonyl (C=O) groups excluding carboxylic acids is 1. The van der Waals surface area contributed by atoms with E-state index in [9.17, 15) is 14.7 Å². The second kappa shape index (κ2) is 8.97. The van der Waals surface area contributed by atoms with E-state index in [1.807, 2.05) is 37.3 Å². The zero-order chi connectivity index (χ0) is 15.7. The van der Waals surface area contributed by atoms with Gasteiger partial charge in [0.25, 0.3) is 0 Å². The molecule has 0 aliphatic rings. The molecule has 0 aliphatic heterocycles. The fourth-order valence-electron chi connectivity index (χ4n) is 1.79. The summed E-state index contributed by atoms with van der Waals surface area (Å²) in [4.78, 5) is 24.0. The second-order valence-electron chi connectivity index (χ2n) is 4.80. The molecule has 0 spiro atoms. The molecule has 1 unspecified atom stereocenters. The SMILES string of the molecule is CCC(O)CN(Cc1ccccc1)C(=O)NCCC(=O)O. The summed E-state index contributed by atoms with van der Waals surface area (Å²) in [6.45, 7) is 2.50. The van der Waals surface area contributed by atoms with Gasteiger partial charge >= 0.3 is 12.0 Å². The van der Waals surface area contributed by atoms with Crippen LogP contribution in [0.5, 0.6) is 0 Å². The fourth-order valence-corrected chi connectivity index (χ4v) is 1.79. The number of urea groups is 1. The second-order valence-corrected chi connectivity index (χ2v) is 4.80. The molecule has 0 aliphatic carbocycles. The van der Waals surface area contributed by atoms with E-state index in [2.05, 4.69) is 5.32 Å². The monoisotopic (exact) mass is 294 g/mol. The van der Waals surface area contributed by atoms with Crippen molar-refractivity contribution in [2.75, 3.05) is 13.1 Å². The number of amides is 2. The van der Waals surface area contributed by atoms with Gasteiger partial charge in [0.2, 0.25) is 0 Å². The van der Waals surface area contributed by atoms with Crippen LogP contribution in [-0.2, 0) is 11.3 Å². The van der Waals surface area contributed by atoms with E-state index in [-0.39, 0.29) is 25.5 Å². The topological polar surface area (TPSA) is 89.9 Å². The third-order valence-corrected chi connectivity index (χ3v) is 3.02. The van der Waals surface area contributed by atoms with Gasteiger partial charge < -0.3 is 20.4 Å². The number of aliphatic hydroxyl groups excluding tert-OH is 1. The molecule has 2 amide bonds. The number of carboxylic acids is 1. The van der Waals surface area contributed by atoms with Crippen molar-refractivity contribution in [3.8, 4) is 0 Å². The first-order chi connectivity index (χ1) is 10.0. The molecular formula is C15H22N2O4. The molecule has 116 valence electrons. The molecular weight excluding hydrogens is 272 g/mol. The van der Waals surface area contributed by atoms with Gasteiger partial charge in [-0.05, 0) is 12.0 Å². The number of carbonyl (C=O) groups is 2. The number of rotatable bonds is 8. The van der Waals surface area contributed by atoms with E-state index < -0.39 is 12.1 Å². The van der Waals surface area contributed by atoms with Crippen LogP contribution in [0, 0.1) is 0 Å². The highest BCUT2D eigenvalue weighted by molar-refractivity contribution is 5.75. The zero-order valence-corrected chi connectivity index (χ0v) is 12.2. The smallest absolute Gasteiger partial charge is 0.317 e. The van der Waals surface area contributed by atoms with Gasteiger partial charge in [-0.2, -0.15) is 0 Å². The summed E-state index contributed by atoms with van der Waals surface area (Å²) >= 11 is 0. The molecule has 0 fully saturated rings. The van der Waals surface area contributed by atoms with Crippen molar-refractivity contribution in [2.24, 2.45) is 0 Å². The Bertz CT molecular complexity index is 450. The first kappa shape index (κ1) is 17.0. The number of nitrogens with one attached hydrogen (secondary N) is 1. The van der Waals surface area contributed by atoms with Crippen LogP contribution < -0.4 is 5.32 Å². The molecule has 0 saturated carbocycles. The summed E-state index contributed by atoms with van der Waals surface area (Å²) in [6, 6.07) is 9.08. The molecule has 3 N–H and O–H groups in total. The number of nitrogens with zero attached hydrogens (tertiary/aromatic N) is 1. The van der Waals surface area contributed by atoms with Crippen LogP contribution in [0.2, 0.25) is 0 Å². The van der Waals surface area contributed by atoms with Gasteiger partial charge in [0.05, 0.1) is 12.5 Å². The van der Waals surface area contributed by atoms with E-state index in [0.717, 1.165) is 5.56 Å². The molecule has 0 radical (unpaired) electrons. The minimum absolute atomic E-state index is 0.0711. The van der Waals surface area contributed by atoms with Gasteiger partial charge in [-0.1, -0.05) is 37.3 Å². The summed E-state index contributed by atoms with van der Waals surface area (Å²) in [5.74, 6) is -0.960. The first-order valence-corrected chi connectivity index (χ1v) is 6.99. The molecule has 6 nitrogen and oxygen atoms in total. The Hall–Kier alpha value is -2.08. The molecule has 1 aromatic carbocycles. The number of carboxylic acid groups (broad SMARTS) is 1. The summed E-state index contributed by atoms with van der Waals surface area (Å²) < 4.78 is 0. The molecule has 1 aromatic rings. The lowest BCUT2D eigenvalue weighted by atomic mass is 10.2. The highest BCUT2D eigenvalue weighted by Gasteiger charge is 2.17. The number of hydrogen-bond donors (Lipinski definition) is 3. The Morgan fingerprint density at radius 2 is 1.95 bits per heavy atom. The third-order valence-electron chi connectivity index (χ3n) is 3.02. The highest BCUT2D eigenvalue weighted by Crippen LogP contribution is 2.07. The van der Waals surface area contributed by atoms with E-state index in [1.54, 1.807) is 0 Å². The minimum atomic E-state index is -0.960. The Morgan fingerprint density at radius 3 is 2.52 bits per heavy atom. The summed E-state index contributed by atoms with van der Waals surface area (Å²) in [7, 11) is 0. The van der Waals surface area contributed by atoms with Gasteiger partial charge in [0, 0.05) is 19.6 Å². The summed E-state index contributed by atoms with van der Waals surface area (Å²) in [5.41, 5.74) is 0.953. The Kier molecular flexibility index (Phi) is 7.25. The molecule has 0 bridgehead atoms. The van der Waals surface area contributed by atoms with Crippen LogP contribution in [0.25, 0.3) is 0 Å². The lowest BCUT2D eigenvalue weighted by Crippen LogP contribution is -2.43. The van der Waals surface area contributed by atoms with Gasteiger partial charge in [-0.25, -0.2) is 4.79 Å². The first-order valence-electron chi connectivity index (χ1n) is 6.99. The van der Waals surface area contributed by atoms with Gasteiger partial charge in [0.1, 0.15) is 0 Å². The number of aliphatic hydroxyl groups is 1. The van der Waals surface area contributed by atoms with Crippen LogP contribution in [-0.4, -0.2) is 46.3 Å². The molecule has 21 heavy (non-hydrogen) atoms. The maximum absolute atomic E-state index is 12.1. The van der Waals surface area contributed by atoms with Gasteiger partial charge in [-0.3, -0.25) is 4.79 Å². The van der Waals surface area contributed by atoms with Crippen molar-refractivity contribution >= 4 is 12.0 Å². The Labute approximate surface area is 124 Å². The van der Waals surface area contributed by atoms with Crippen molar-refractivity contribution in [1.82, 2.24) is 10.2 Å². The van der Waals surface area contributed by atoms with Crippen molar-refractivity contribution in [1.29, 1.82) is 0 Å². The highest BCUT2D eigenvalue weighted by atomic mass is 16.4. The van der Waals surface area contributed by atoms with Crippen LogP contribution in [0.15, 0.2) is 30.3 Å². The van der Waals surface area contributed by atoms with E-state index >= 15 is 0 Å². The zero-order valence-electron chi connectivity index (χ0n) is 12.2. The minimum Gasteiger partial charge on any atom is -0.481 e. The summed E-state index contributed by atoms with van der Waals surface area (Å²) in [5, 5.41) is 20.9. The van der Waals surface area contributed by atoms with Crippen molar-refractivity contribution in [2.45, 2.75) is 32.4 Å². The average molecular weight is 294 g/mol. The van der Waals surface area contributed by atoms with Crippen molar-refractivity contribution < 1.29 is 19.8 Å². The quantitative estimate of drug-likeness (QED) is 0.677. The summed E-state index contributed by atoms with van der Waals surface area (Å²) in [6.07, 6.45) is -0.173. The predicted molar refractivity (Wildman–Crippen MR) is 78.8 cm³/mol. The standard InChI is InChI=1S/C15H22N2O4/c1-2-13(18)11-17(10-12-6-4-3-5-7-12)15(21)16-9-8-14(19)20/h3-7,13,18H,2,8-11H2,1H3,(H,16,21)(H,19,20). The number of hydrogen-bond acceptors (Lipinski definition) is 3. The molecule has 0 heterocycles. The van der Waals surface area contributed by atoms with Crippen LogP contribution in [0.1, 0.15) is 25.3 Å². The predicted octanol–water partition coefficient (Wildman–Crippen LogP) is 1.44. The van der Waals surface area contributed by atoms with Crippen LogP contribution in [0.3, 0.4) is 0 Å². The Balaban J connectivity index is 2.62. The molecule has 0 aromatic heterocycles. The van der Waals surface area contributed by atoms with Crippen LogP contribution >= 0.6 is 0 Å². The number of benzene rings is 1. The third kappa shape index (κ3) is 6.76. The van der Waals surface area contributed by atoms with Crippen molar-refractivity contribution in [3.63, 3.8) is 0 Å². The molecule has 6 heteroatoms. The maximum Gasteiger partial charge on any atom is 0.317 e. The largest absolute Gasteiger partial charge is 0.481 e. The molecule has 1 atom stereocenters. The maximum atomic E-state index is 12.1. The fraction of sp³-hybridized carbons (Fsp3) is 0.467. The van der Waals surface area contributed by atoms with E-state index in [0.29, 0.717) is 13.0 Å². The molecule has 1 rings (SSSR count). The van der Waals surface area contributed by atoms with Crippen LogP contribution in [0.4, 0.5) is 4.79 Å². The van der Waals surface area contributed by atoms with Gasteiger partial charge in [-0.15, -0.1) is 0 Å². The van der Waals surface area contributed by atoms with Gasteiger partial charge in [0.15, 0.2) is 0 Å². The lowest BCUT2D eigenvalue weighted by molar-refractivity contribution is -0.136. The lowest BCUT2D eigenvalue weighted by Gasteiger charge is -2.25. The van der Waals surface area contributed by atoms with E-state index in [4.69, 9.17) is 5.11 Å². The van der Waals surface area contributed by atoms with Crippen molar-refractivity contribution in [3.05, 3.63) is 35.9 Å². The average Bonchev–Trinajstić information content (AvgIpc) is 2.47. The Morgan fingerprint density at radius 1 is 1.29 bits per heavy atom. The number of aliphatic carboxylic acids is 1. The molecule has 0 saturated heterocycles. The van der Waals surface area contributed by atoms with E-state index in [1.165, 1.54) is 4.90 Å².